The van der Waals surface area contributed by atoms with Crippen LogP contribution < -0.4 is 10.6 Å². The molecule has 2 aromatic rings. The minimum Gasteiger partial charge on any atom is -0.356 e. The van der Waals surface area contributed by atoms with Crippen LogP contribution in [-0.2, 0) is 12.0 Å². The third-order valence-electron chi connectivity index (χ3n) is 4.54. The van der Waals surface area contributed by atoms with E-state index in [1.54, 1.807) is 11.3 Å². The molecule has 0 saturated heterocycles. The molecule has 1 aliphatic carbocycles. The number of nitrogens with one attached hydrogen (secondary N) is 2. The molecule has 1 aliphatic rings. The number of benzene rings is 1. The van der Waals surface area contributed by atoms with E-state index in [1.807, 2.05) is 26.1 Å². The molecule has 0 amide bonds. The summed E-state index contributed by atoms with van der Waals surface area (Å²) in [5, 5.41) is 8.75. The van der Waals surface area contributed by atoms with Crippen molar-refractivity contribution in [1.29, 1.82) is 0 Å². The number of rotatable bonds is 5. The highest BCUT2D eigenvalue weighted by Crippen LogP contribution is 2.47. The van der Waals surface area contributed by atoms with E-state index in [1.165, 1.54) is 23.3 Å². The van der Waals surface area contributed by atoms with E-state index in [4.69, 9.17) is 11.6 Å². The summed E-state index contributed by atoms with van der Waals surface area (Å²) in [5.74, 6) is 0.834. The predicted octanol–water partition coefficient (Wildman–Crippen LogP) is 3.81. The fraction of sp³-hybridized carbons (Fsp3) is 0.444. The number of aromatic nitrogens is 1. The second kappa shape index (κ2) is 7.11. The zero-order valence-electron chi connectivity index (χ0n) is 14.3. The largest absolute Gasteiger partial charge is 0.356 e. The molecular formula is C18H23ClN4S. The van der Waals surface area contributed by atoms with Gasteiger partial charge in [-0.25, -0.2) is 4.98 Å². The Kier molecular flexibility index (Phi) is 5.11. The number of nitrogens with zero attached hydrogens (tertiary/aromatic N) is 2. The lowest BCUT2D eigenvalue weighted by Crippen LogP contribution is -2.40. The van der Waals surface area contributed by atoms with Gasteiger partial charge in [-0.15, -0.1) is 11.3 Å². The summed E-state index contributed by atoms with van der Waals surface area (Å²) in [6.45, 7) is 5.73. The van der Waals surface area contributed by atoms with Crippen molar-refractivity contribution in [1.82, 2.24) is 15.6 Å². The van der Waals surface area contributed by atoms with Gasteiger partial charge < -0.3 is 10.6 Å². The summed E-state index contributed by atoms with van der Waals surface area (Å²) in [6.07, 6.45) is 2.40. The van der Waals surface area contributed by atoms with Gasteiger partial charge in [0.1, 0.15) is 0 Å². The van der Waals surface area contributed by atoms with Crippen LogP contribution in [0.1, 0.15) is 34.0 Å². The lowest BCUT2D eigenvalue weighted by molar-refractivity contribution is 0.646. The Bertz CT molecular complexity index is 732. The topological polar surface area (TPSA) is 49.3 Å². The molecule has 1 aromatic heterocycles. The molecule has 0 bridgehead atoms. The van der Waals surface area contributed by atoms with E-state index in [2.05, 4.69) is 39.7 Å². The normalized spacial score (nSPS) is 16.1. The molecule has 1 fully saturated rings. The van der Waals surface area contributed by atoms with Crippen LogP contribution in [0.3, 0.4) is 0 Å². The molecule has 0 aliphatic heterocycles. The van der Waals surface area contributed by atoms with E-state index in [-0.39, 0.29) is 5.41 Å². The first-order chi connectivity index (χ1) is 11.5. The molecule has 4 nitrogen and oxygen atoms in total. The minimum atomic E-state index is 0.221. The van der Waals surface area contributed by atoms with E-state index in [9.17, 15) is 0 Å². The van der Waals surface area contributed by atoms with Crippen LogP contribution in [-0.4, -0.2) is 24.5 Å². The number of hydrogen-bond donors (Lipinski definition) is 2. The van der Waals surface area contributed by atoms with Crippen LogP contribution in [0.15, 0.2) is 29.3 Å². The Morgan fingerprint density at radius 3 is 2.50 bits per heavy atom. The molecule has 0 spiro atoms. The lowest BCUT2D eigenvalue weighted by Gasteiger charge is -2.19. The maximum absolute atomic E-state index is 6.00. The Morgan fingerprint density at radius 1 is 1.25 bits per heavy atom. The molecule has 1 saturated carbocycles. The molecule has 0 atom stereocenters. The minimum absolute atomic E-state index is 0.221. The van der Waals surface area contributed by atoms with Gasteiger partial charge >= 0.3 is 0 Å². The summed E-state index contributed by atoms with van der Waals surface area (Å²) in [7, 11) is 1.81. The molecule has 6 heteroatoms. The second-order valence-corrected chi connectivity index (χ2v) is 8.03. The van der Waals surface area contributed by atoms with Gasteiger partial charge in [0, 0.05) is 28.9 Å². The predicted molar refractivity (Wildman–Crippen MR) is 102 cm³/mol. The molecule has 2 N–H and O–H groups in total. The van der Waals surface area contributed by atoms with Gasteiger partial charge in [0.15, 0.2) is 5.96 Å². The smallest absolute Gasteiger partial charge is 0.191 e. The van der Waals surface area contributed by atoms with Gasteiger partial charge in [-0.3, -0.25) is 4.99 Å². The zero-order valence-corrected chi connectivity index (χ0v) is 15.9. The monoisotopic (exact) mass is 362 g/mol. The SMILES string of the molecule is CN=C(NCc1sc(C)nc1C)NCC1(c2ccc(Cl)cc2)CC1. The third-order valence-corrected chi connectivity index (χ3v) is 5.87. The molecule has 128 valence electrons. The van der Waals surface area contributed by atoms with Crippen molar-refractivity contribution in [2.24, 2.45) is 4.99 Å². The first-order valence-corrected chi connectivity index (χ1v) is 9.35. The second-order valence-electron chi connectivity index (χ2n) is 6.31. The maximum atomic E-state index is 6.00. The molecular weight excluding hydrogens is 340 g/mol. The highest BCUT2D eigenvalue weighted by Gasteiger charge is 2.44. The van der Waals surface area contributed by atoms with Gasteiger partial charge in [0.25, 0.3) is 0 Å². The summed E-state index contributed by atoms with van der Waals surface area (Å²) in [4.78, 5) is 10.1. The molecule has 3 rings (SSSR count). The molecule has 0 unspecified atom stereocenters. The number of halogens is 1. The Labute approximate surface area is 152 Å². The number of aliphatic imine (C=N–C) groups is 1. The maximum Gasteiger partial charge on any atom is 0.191 e. The Balaban J connectivity index is 1.56. The third kappa shape index (κ3) is 3.90. The lowest BCUT2D eigenvalue weighted by atomic mass is 9.96. The Hall–Kier alpha value is -1.59. The average Bonchev–Trinajstić information content (AvgIpc) is 3.28. The van der Waals surface area contributed by atoms with Crippen LogP contribution in [0.5, 0.6) is 0 Å². The quantitative estimate of drug-likeness (QED) is 0.628. The van der Waals surface area contributed by atoms with Gasteiger partial charge in [-0.1, -0.05) is 23.7 Å². The van der Waals surface area contributed by atoms with Crippen molar-refractivity contribution in [2.75, 3.05) is 13.6 Å². The van der Waals surface area contributed by atoms with Crippen LogP contribution in [0.4, 0.5) is 0 Å². The van der Waals surface area contributed by atoms with Crippen LogP contribution in [0.2, 0.25) is 5.02 Å². The van der Waals surface area contributed by atoms with Crippen LogP contribution in [0, 0.1) is 13.8 Å². The molecule has 24 heavy (non-hydrogen) atoms. The zero-order chi connectivity index (χ0) is 17.2. The number of hydrogen-bond acceptors (Lipinski definition) is 3. The summed E-state index contributed by atoms with van der Waals surface area (Å²) in [5.41, 5.74) is 2.67. The van der Waals surface area contributed by atoms with E-state index in [0.29, 0.717) is 0 Å². The van der Waals surface area contributed by atoms with Crippen LogP contribution >= 0.6 is 22.9 Å². The standard InChI is InChI=1S/C18H23ClN4S/c1-12-16(24-13(2)23-12)10-21-17(20-3)22-11-18(8-9-18)14-4-6-15(19)7-5-14/h4-7H,8-11H2,1-3H3,(H2,20,21,22). The van der Waals surface area contributed by atoms with Crippen LogP contribution in [0.25, 0.3) is 0 Å². The van der Waals surface area contributed by atoms with Crippen molar-refractivity contribution >= 4 is 28.9 Å². The summed E-state index contributed by atoms with van der Waals surface area (Å²) >= 11 is 7.73. The highest BCUT2D eigenvalue weighted by molar-refractivity contribution is 7.11. The summed E-state index contributed by atoms with van der Waals surface area (Å²) in [6, 6.07) is 8.21. The van der Waals surface area contributed by atoms with Crippen molar-refractivity contribution in [3.05, 3.63) is 50.4 Å². The molecule has 1 aromatic carbocycles. The van der Waals surface area contributed by atoms with Crippen molar-refractivity contribution in [3.8, 4) is 0 Å². The van der Waals surface area contributed by atoms with Gasteiger partial charge in [-0.05, 0) is 44.4 Å². The van der Waals surface area contributed by atoms with Crippen molar-refractivity contribution < 1.29 is 0 Å². The fourth-order valence-electron chi connectivity index (χ4n) is 2.90. The fourth-order valence-corrected chi connectivity index (χ4v) is 3.90. The number of guanidine groups is 1. The number of aryl methyl sites for hydroxylation is 2. The average molecular weight is 363 g/mol. The molecule has 0 radical (unpaired) electrons. The van der Waals surface area contributed by atoms with E-state index >= 15 is 0 Å². The highest BCUT2D eigenvalue weighted by atomic mass is 35.5. The molecule has 1 heterocycles. The van der Waals surface area contributed by atoms with Gasteiger partial charge in [0.05, 0.1) is 17.2 Å². The summed E-state index contributed by atoms with van der Waals surface area (Å²) < 4.78 is 0. The van der Waals surface area contributed by atoms with Gasteiger partial charge in [-0.2, -0.15) is 0 Å². The van der Waals surface area contributed by atoms with E-state index < -0.39 is 0 Å². The van der Waals surface area contributed by atoms with Crippen molar-refractivity contribution in [3.63, 3.8) is 0 Å². The van der Waals surface area contributed by atoms with Crippen molar-refractivity contribution in [2.45, 2.75) is 38.6 Å². The first kappa shape index (κ1) is 17.2. The first-order valence-electron chi connectivity index (χ1n) is 8.16. The van der Waals surface area contributed by atoms with Gasteiger partial charge in [0.2, 0.25) is 0 Å². The Morgan fingerprint density at radius 2 is 1.96 bits per heavy atom. The number of thiazole rings is 1. The van der Waals surface area contributed by atoms with E-state index in [0.717, 1.165) is 34.8 Å².